The number of carbonyl (C=O) groups is 2. The molecule has 26 heavy (non-hydrogen) atoms. The zero-order chi connectivity index (χ0) is 18.7. The number of ether oxygens (including phenoxy) is 1. The fraction of sp³-hybridized carbons (Fsp3) is 0.263. The van der Waals surface area contributed by atoms with E-state index in [0.717, 1.165) is 11.4 Å². The molecule has 2 aromatic carbocycles. The summed E-state index contributed by atoms with van der Waals surface area (Å²) in [5.41, 5.74) is 1.19. The first-order valence-electron chi connectivity index (χ1n) is 8.27. The fourth-order valence-corrected chi connectivity index (χ4v) is 3.20. The summed E-state index contributed by atoms with van der Waals surface area (Å²) in [7, 11) is 0. The zero-order valence-electron chi connectivity index (χ0n) is 14.2. The summed E-state index contributed by atoms with van der Waals surface area (Å²) in [5, 5.41) is 3.41. The van der Waals surface area contributed by atoms with Gasteiger partial charge in [-0.25, -0.2) is 0 Å². The summed E-state index contributed by atoms with van der Waals surface area (Å²) in [4.78, 5) is 26.5. The molecular formula is C19H18Cl2N2O3. The van der Waals surface area contributed by atoms with Crippen LogP contribution >= 0.6 is 23.2 Å². The first-order valence-corrected chi connectivity index (χ1v) is 9.03. The standard InChI is InChI=1S/C19H18Cl2N2O3/c1-2-26-14-8-6-13(7-9-14)23-11-12(10-17(23)24)19(25)22-16-5-3-4-15(20)18(16)21/h3-9,12H,2,10-11H2,1H3,(H,22,25). The second kappa shape index (κ2) is 7.98. The smallest absolute Gasteiger partial charge is 0.229 e. The second-order valence-electron chi connectivity index (χ2n) is 5.92. The number of anilines is 2. The minimum Gasteiger partial charge on any atom is -0.494 e. The van der Waals surface area contributed by atoms with E-state index in [1.54, 1.807) is 23.1 Å². The summed E-state index contributed by atoms with van der Waals surface area (Å²) in [5.74, 6) is -0.0562. The molecule has 3 rings (SSSR count). The molecule has 0 spiro atoms. The van der Waals surface area contributed by atoms with Gasteiger partial charge in [0, 0.05) is 18.7 Å². The van der Waals surface area contributed by atoms with Crippen molar-refractivity contribution >= 4 is 46.4 Å². The molecule has 1 fully saturated rings. The number of hydrogen-bond acceptors (Lipinski definition) is 3. The molecule has 0 saturated carbocycles. The van der Waals surface area contributed by atoms with Crippen LogP contribution < -0.4 is 15.0 Å². The van der Waals surface area contributed by atoms with Gasteiger partial charge in [-0.1, -0.05) is 29.3 Å². The van der Waals surface area contributed by atoms with Crippen LogP contribution in [-0.2, 0) is 9.59 Å². The molecule has 1 heterocycles. The molecule has 0 aromatic heterocycles. The fourth-order valence-electron chi connectivity index (χ4n) is 2.86. The van der Waals surface area contributed by atoms with Gasteiger partial charge in [-0.15, -0.1) is 0 Å². The Hall–Kier alpha value is -2.24. The van der Waals surface area contributed by atoms with Crippen LogP contribution in [0.1, 0.15) is 13.3 Å². The number of rotatable bonds is 5. The van der Waals surface area contributed by atoms with Gasteiger partial charge in [0.1, 0.15) is 5.75 Å². The quantitative estimate of drug-likeness (QED) is 0.820. The van der Waals surface area contributed by atoms with Crippen molar-refractivity contribution in [1.82, 2.24) is 0 Å². The molecule has 0 radical (unpaired) electrons. The molecule has 1 atom stereocenters. The van der Waals surface area contributed by atoms with Crippen molar-refractivity contribution in [1.29, 1.82) is 0 Å². The summed E-state index contributed by atoms with van der Waals surface area (Å²) in [6.07, 6.45) is 0.150. The van der Waals surface area contributed by atoms with Crippen LogP contribution in [0.4, 0.5) is 11.4 Å². The van der Waals surface area contributed by atoms with E-state index in [2.05, 4.69) is 5.32 Å². The van der Waals surface area contributed by atoms with Crippen molar-refractivity contribution in [3.8, 4) is 5.75 Å². The Morgan fingerprint density at radius 2 is 1.96 bits per heavy atom. The van der Waals surface area contributed by atoms with Gasteiger partial charge in [0.05, 0.1) is 28.3 Å². The number of halogens is 2. The van der Waals surface area contributed by atoms with Crippen molar-refractivity contribution in [2.75, 3.05) is 23.4 Å². The van der Waals surface area contributed by atoms with E-state index in [0.29, 0.717) is 23.9 Å². The maximum Gasteiger partial charge on any atom is 0.229 e. The minimum absolute atomic E-state index is 0.0912. The maximum atomic E-state index is 12.5. The third kappa shape index (κ3) is 3.94. The molecular weight excluding hydrogens is 375 g/mol. The number of carbonyl (C=O) groups excluding carboxylic acids is 2. The summed E-state index contributed by atoms with van der Waals surface area (Å²) >= 11 is 12.1. The van der Waals surface area contributed by atoms with Crippen molar-refractivity contribution in [2.45, 2.75) is 13.3 Å². The molecule has 1 saturated heterocycles. The third-order valence-electron chi connectivity index (χ3n) is 4.16. The van der Waals surface area contributed by atoms with Crippen molar-refractivity contribution in [3.63, 3.8) is 0 Å². The summed E-state index contributed by atoms with van der Waals surface area (Å²) in [6, 6.07) is 12.3. The van der Waals surface area contributed by atoms with Crippen LogP contribution in [0.5, 0.6) is 5.75 Å². The maximum absolute atomic E-state index is 12.5. The van der Waals surface area contributed by atoms with E-state index in [-0.39, 0.29) is 23.3 Å². The monoisotopic (exact) mass is 392 g/mol. The molecule has 0 bridgehead atoms. The third-order valence-corrected chi connectivity index (χ3v) is 4.98. The molecule has 2 aromatic rings. The van der Waals surface area contributed by atoms with E-state index in [9.17, 15) is 9.59 Å². The van der Waals surface area contributed by atoms with Crippen LogP contribution in [0.2, 0.25) is 10.0 Å². The molecule has 0 aliphatic carbocycles. The van der Waals surface area contributed by atoms with E-state index in [1.165, 1.54) is 0 Å². The van der Waals surface area contributed by atoms with Gasteiger partial charge in [0.25, 0.3) is 0 Å². The van der Waals surface area contributed by atoms with Gasteiger partial charge in [0.2, 0.25) is 11.8 Å². The largest absolute Gasteiger partial charge is 0.494 e. The average molecular weight is 393 g/mol. The molecule has 7 heteroatoms. The molecule has 1 aliphatic heterocycles. The van der Waals surface area contributed by atoms with Crippen molar-refractivity contribution in [2.24, 2.45) is 5.92 Å². The van der Waals surface area contributed by atoms with Gasteiger partial charge in [-0.05, 0) is 43.3 Å². The average Bonchev–Trinajstić information content (AvgIpc) is 3.02. The number of hydrogen-bond donors (Lipinski definition) is 1. The summed E-state index contributed by atoms with van der Waals surface area (Å²) < 4.78 is 5.41. The first kappa shape index (κ1) is 18.5. The lowest BCUT2D eigenvalue weighted by molar-refractivity contribution is -0.122. The van der Waals surface area contributed by atoms with Crippen LogP contribution in [0.25, 0.3) is 0 Å². The predicted octanol–water partition coefficient (Wildman–Crippen LogP) is 4.38. The highest BCUT2D eigenvalue weighted by atomic mass is 35.5. The lowest BCUT2D eigenvalue weighted by atomic mass is 10.1. The molecule has 1 aliphatic rings. The van der Waals surface area contributed by atoms with E-state index < -0.39 is 5.92 Å². The van der Waals surface area contributed by atoms with Crippen LogP contribution in [0.3, 0.4) is 0 Å². The Balaban J connectivity index is 1.68. The van der Waals surface area contributed by atoms with Gasteiger partial charge in [0.15, 0.2) is 0 Å². The van der Waals surface area contributed by atoms with Gasteiger partial charge in [-0.3, -0.25) is 9.59 Å². The highest BCUT2D eigenvalue weighted by molar-refractivity contribution is 6.44. The second-order valence-corrected chi connectivity index (χ2v) is 6.71. The van der Waals surface area contributed by atoms with Crippen LogP contribution in [0.15, 0.2) is 42.5 Å². The van der Waals surface area contributed by atoms with Crippen molar-refractivity contribution < 1.29 is 14.3 Å². The van der Waals surface area contributed by atoms with Gasteiger partial charge >= 0.3 is 0 Å². The Morgan fingerprint density at radius 3 is 2.65 bits per heavy atom. The highest BCUT2D eigenvalue weighted by Crippen LogP contribution is 2.31. The highest BCUT2D eigenvalue weighted by Gasteiger charge is 2.35. The number of nitrogens with zero attached hydrogens (tertiary/aromatic N) is 1. The normalized spacial score (nSPS) is 16.7. The molecule has 1 unspecified atom stereocenters. The minimum atomic E-state index is -0.455. The predicted molar refractivity (Wildman–Crippen MR) is 103 cm³/mol. The van der Waals surface area contributed by atoms with E-state index in [1.807, 2.05) is 31.2 Å². The van der Waals surface area contributed by atoms with Crippen molar-refractivity contribution in [3.05, 3.63) is 52.5 Å². The van der Waals surface area contributed by atoms with Crippen LogP contribution in [-0.4, -0.2) is 25.0 Å². The molecule has 2 amide bonds. The van der Waals surface area contributed by atoms with Gasteiger partial charge < -0.3 is 15.0 Å². The number of amides is 2. The topological polar surface area (TPSA) is 58.6 Å². The Morgan fingerprint density at radius 1 is 1.23 bits per heavy atom. The molecule has 5 nitrogen and oxygen atoms in total. The molecule has 1 N–H and O–H groups in total. The Labute approximate surface area is 161 Å². The first-order chi connectivity index (χ1) is 12.5. The Kier molecular flexibility index (Phi) is 5.69. The van der Waals surface area contributed by atoms with Crippen LogP contribution in [0, 0.1) is 5.92 Å². The lowest BCUT2D eigenvalue weighted by Crippen LogP contribution is -2.28. The molecule has 136 valence electrons. The number of nitrogens with one attached hydrogen (secondary N) is 1. The summed E-state index contributed by atoms with van der Waals surface area (Å²) in [6.45, 7) is 2.81. The zero-order valence-corrected chi connectivity index (χ0v) is 15.7. The van der Waals surface area contributed by atoms with E-state index >= 15 is 0 Å². The Bertz CT molecular complexity index is 824. The lowest BCUT2D eigenvalue weighted by Gasteiger charge is -2.17. The van der Waals surface area contributed by atoms with E-state index in [4.69, 9.17) is 27.9 Å². The number of benzene rings is 2. The van der Waals surface area contributed by atoms with Gasteiger partial charge in [-0.2, -0.15) is 0 Å². The SMILES string of the molecule is CCOc1ccc(N2CC(C(=O)Nc3cccc(Cl)c3Cl)CC2=O)cc1.